The van der Waals surface area contributed by atoms with Gasteiger partial charge in [0.05, 0.1) is 10.2 Å². The Morgan fingerprint density at radius 3 is 2.55 bits per heavy atom. The van der Waals surface area contributed by atoms with Gasteiger partial charge in [0, 0.05) is 17.1 Å². The molecule has 0 unspecified atom stereocenters. The van der Waals surface area contributed by atoms with Crippen LogP contribution in [-0.2, 0) is 0 Å². The van der Waals surface area contributed by atoms with Crippen LogP contribution in [0.1, 0.15) is 17.0 Å². The Kier molecular flexibility index (Phi) is 6.54. The third-order valence-electron chi connectivity index (χ3n) is 6.58. The topological polar surface area (TPSA) is 87.5 Å². The predicted molar refractivity (Wildman–Crippen MR) is 166 cm³/mol. The Morgan fingerprint density at radius 2 is 1.76 bits per heavy atom. The van der Waals surface area contributed by atoms with Gasteiger partial charge in [-0.3, -0.25) is 4.79 Å². The maximum atomic E-state index is 13.4. The zero-order chi connectivity index (χ0) is 28.5. The molecule has 3 aromatic carbocycles. The van der Waals surface area contributed by atoms with Crippen LogP contribution in [0.25, 0.3) is 51.3 Å². The average Bonchev–Trinajstić information content (AvgIpc) is 3.80. The number of benzene rings is 3. The van der Waals surface area contributed by atoms with E-state index in [9.17, 15) is 4.79 Å². The summed E-state index contributed by atoms with van der Waals surface area (Å²) < 4.78 is 15.3. The summed E-state index contributed by atoms with van der Waals surface area (Å²) >= 11 is 1.28. The van der Waals surface area contributed by atoms with Crippen molar-refractivity contribution in [3.63, 3.8) is 0 Å². The van der Waals surface area contributed by atoms with Crippen LogP contribution in [0.15, 0.2) is 113 Å². The quantitative estimate of drug-likeness (QED) is 0.208. The first-order valence-corrected chi connectivity index (χ1v) is 14.0. The normalized spacial score (nSPS) is 12.1. The molecule has 0 radical (unpaired) electrons. The molecule has 0 saturated heterocycles. The van der Waals surface area contributed by atoms with Gasteiger partial charge in [-0.25, -0.2) is 4.68 Å². The van der Waals surface area contributed by atoms with E-state index in [1.165, 1.54) is 15.9 Å². The Morgan fingerprint density at radius 1 is 0.952 bits per heavy atom. The number of ether oxygens (including phenoxy) is 1. The molecule has 0 atom stereocenters. The zero-order valence-electron chi connectivity index (χ0n) is 22.3. The second-order valence-electron chi connectivity index (χ2n) is 9.44. The van der Waals surface area contributed by atoms with Crippen LogP contribution in [0.3, 0.4) is 0 Å². The Balaban J connectivity index is 1.24. The molecule has 0 fully saturated rings. The number of rotatable bonds is 8. The van der Waals surface area contributed by atoms with E-state index in [0.717, 1.165) is 33.5 Å². The highest BCUT2D eigenvalue weighted by Gasteiger charge is 2.17. The summed E-state index contributed by atoms with van der Waals surface area (Å²) in [5.74, 6) is 1.85. The summed E-state index contributed by atoms with van der Waals surface area (Å²) in [5, 5.41) is 10.2. The van der Waals surface area contributed by atoms with Crippen molar-refractivity contribution in [2.45, 2.75) is 0 Å². The fourth-order valence-electron chi connectivity index (χ4n) is 4.56. The highest BCUT2D eigenvalue weighted by molar-refractivity contribution is 7.15. The van der Waals surface area contributed by atoms with Gasteiger partial charge in [-0.15, -0.1) is 5.10 Å². The van der Waals surface area contributed by atoms with Crippen LogP contribution >= 0.6 is 11.3 Å². The second kappa shape index (κ2) is 10.8. The number of nitrogens with zero attached hydrogens (tertiary/aromatic N) is 5. The van der Waals surface area contributed by atoms with Crippen molar-refractivity contribution < 1.29 is 9.15 Å². The highest BCUT2D eigenvalue weighted by atomic mass is 32.1. The van der Waals surface area contributed by atoms with Crippen molar-refractivity contribution in [2.24, 2.45) is 0 Å². The zero-order valence-corrected chi connectivity index (χ0v) is 23.1. The van der Waals surface area contributed by atoms with Crippen molar-refractivity contribution in [3.05, 3.63) is 136 Å². The maximum absolute atomic E-state index is 13.4. The molecule has 0 N–H and O–H groups in total. The number of thiazole rings is 1. The van der Waals surface area contributed by atoms with Crippen LogP contribution in [0.2, 0.25) is 0 Å². The van der Waals surface area contributed by atoms with Crippen molar-refractivity contribution in [1.29, 1.82) is 0 Å². The number of hydrogen-bond donors (Lipinski definition) is 0. The molecule has 0 saturated carbocycles. The van der Waals surface area contributed by atoms with Crippen LogP contribution < -0.4 is 14.8 Å². The molecule has 7 aromatic rings. The van der Waals surface area contributed by atoms with Crippen molar-refractivity contribution >= 4 is 45.5 Å². The average molecular weight is 570 g/mol. The Bertz CT molecular complexity index is 2150. The molecular weight excluding hydrogens is 546 g/mol. The third-order valence-corrected chi connectivity index (χ3v) is 7.54. The maximum Gasteiger partial charge on any atom is 0.291 e. The van der Waals surface area contributed by atoms with E-state index in [1.807, 2.05) is 103 Å². The molecule has 42 heavy (non-hydrogen) atoms. The molecule has 0 aliphatic heterocycles. The number of aromatic nitrogens is 5. The van der Waals surface area contributed by atoms with Gasteiger partial charge >= 0.3 is 0 Å². The Hall–Kier alpha value is -5.54. The molecule has 8 nitrogen and oxygen atoms in total. The van der Waals surface area contributed by atoms with Crippen LogP contribution in [0, 0.1) is 0 Å². The fraction of sp³-hybridized carbons (Fsp3) is 0.0303. The lowest BCUT2D eigenvalue weighted by Crippen LogP contribution is -2.23. The SMILES string of the molecule is C=CCOc1ccc(/C=C/c2nc3s/c(=C\c4cn(-c5ccccc5)nc4-c4cc5ccccc5o4)c(=O)n3n2)cc1. The lowest BCUT2D eigenvalue weighted by molar-refractivity contribution is 0.363. The molecular formula is C33H23N5O3S. The van der Waals surface area contributed by atoms with Gasteiger partial charge < -0.3 is 9.15 Å². The lowest BCUT2D eigenvalue weighted by Gasteiger charge is -2.02. The molecule has 0 aliphatic carbocycles. The van der Waals surface area contributed by atoms with E-state index < -0.39 is 0 Å². The second-order valence-corrected chi connectivity index (χ2v) is 10.5. The molecule has 0 spiro atoms. The summed E-state index contributed by atoms with van der Waals surface area (Å²) in [4.78, 5) is 18.4. The summed E-state index contributed by atoms with van der Waals surface area (Å²) in [5.41, 5.74) is 3.78. The summed E-state index contributed by atoms with van der Waals surface area (Å²) in [6, 6.07) is 27.3. The molecule has 4 aromatic heterocycles. The first-order chi connectivity index (χ1) is 20.6. The van der Waals surface area contributed by atoms with Gasteiger partial charge in [0.2, 0.25) is 4.96 Å². The monoisotopic (exact) mass is 569 g/mol. The summed E-state index contributed by atoms with van der Waals surface area (Å²) in [6.07, 6.45) is 9.10. The number of furan rings is 1. The Labute approximate surface area is 243 Å². The van der Waals surface area contributed by atoms with E-state index in [-0.39, 0.29) is 5.56 Å². The number of para-hydroxylation sites is 2. The molecule has 0 amide bonds. The first-order valence-electron chi connectivity index (χ1n) is 13.2. The lowest BCUT2D eigenvalue weighted by atomic mass is 10.2. The van der Waals surface area contributed by atoms with Crippen LogP contribution in [-0.4, -0.2) is 31.0 Å². The fourth-order valence-corrected chi connectivity index (χ4v) is 5.46. The molecule has 204 valence electrons. The molecule has 9 heteroatoms. The van der Waals surface area contributed by atoms with Crippen molar-refractivity contribution in [1.82, 2.24) is 24.4 Å². The minimum Gasteiger partial charge on any atom is -0.490 e. The van der Waals surface area contributed by atoms with E-state index in [1.54, 1.807) is 16.8 Å². The largest absolute Gasteiger partial charge is 0.490 e. The number of hydrogen-bond acceptors (Lipinski definition) is 7. The first kappa shape index (κ1) is 25.4. The standard InChI is InChI=1S/C33H23N5O3S/c1-2-18-40-26-15-12-22(13-16-26)14-17-30-34-33-38(35-30)32(39)29(42-33)20-24-21-37(25-9-4-3-5-10-25)36-31(24)28-19-23-8-6-7-11-27(23)41-28/h2-17,19-21H,1,18H2/b17-14+,29-20-. The summed E-state index contributed by atoms with van der Waals surface area (Å²) in [7, 11) is 0. The summed E-state index contributed by atoms with van der Waals surface area (Å²) in [6.45, 7) is 4.11. The van der Waals surface area contributed by atoms with Crippen LogP contribution in [0.4, 0.5) is 0 Å². The minimum atomic E-state index is -0.242. The van der Waals surface area contributed by atoms with Gasteiger partial charge in [-0.2, -0.15) is 14.6 Å². The number of fused-ring (bicyclic) bond motifs is 2. The van der Waals surface area contributed by atoms with E-state index in [0.29, 0.717) is 33.4 Å². The molecule has 0 aliphatic rings. The molecule has 0 bridgehead atoms. The molecule has 7 rings (SSSR count). The van der Waals surface area contributed by atoms with E-state index in [4.69, 9.17) is 14.3 Å². The van der Waals surface area contributed by atoms with E-state index in [2.05, 4.69) is 16.7 Å². The van der Waals surface area contributed by atoms with Gasteiger partial charge in [0.1, 0.15) is 23.6 Å². The molecule has 4 heterocycles. The van der Waals surface area contributed by atoms with Crippen molar-refractivity contribution in [2.75, 3.05) is 6.61 Å². The van der Waals surface area contributed by atoms with Gasteiger partial charge in [-0.1, -0.05) is 78.6 Å². The highest BCUT2D eigenvalue weighted by Crippen LogP contribution is 2.30. The minimum absolute atomic E-state index is 0.242. The smallest absolute Gasteiger partial charge is 0.291 e. The van der Waals surface area contributed by atoms with Crippen molar-refractivity contribution in [3.8, 4) is 22.9 Å². The van der Waals surface area contributed by atoms with Crippen LogP contribution in [0.5, 0.6) is 5.75 Å². The van der Waals surface area contributed by atoms with Gasteiger partial charge in [-0.05, 0) is 54.1 Å². The van der Waals surface area contributed by atoms with Gasteiger partial charge in [0.25, 0.3) is 5.56 Å². The van der Waals surface area contributed by atoms with E-state index >= 15 is 0 Å². The third kappa shape index (κ3) is 4.93. The predicted octanol–water partition coefficient (Wildman–Crippen LogP) is 6.03. The van der Waals surface area contributed by atoms with Gasteiger partial charge in [0.15, 0.2) is 11.6 Å².